The predicted octanol–water partition coefficient (Wildman–Crippen LogP) is 5.92. The third-order valence-electron chi connectivity index (χ3n) is 7.25. The molecule has 5 rings (SSSR count). The average Bonchev–Trinajstić information content (AvgIpc) is 3.01. The number of fused-ring (bicyclic) bond motifs is 2. The van der Waals surface area contributed by atoms with Crippen LogP contribution in [0.15, 0.2) is 83.7 Å². The van der Waals surface area contributed by atoms with Crippen LogP contribution in [0.4, 0.5) is 10.1 Å². The first-order valence-electron chi connectivity index (χ1n) is 14.0. The van der Waals surface area contributed by atoms with Crippen molar-refractivity contribution in [2.24, 2.45) is 0 Å². The second-order valence-corrected chi connectivity index (χ2v) is 10.3. The molecule has 0 saturated heterocycles. The van der Waals surface area contributed by atoms with Crippen LogP contribution in [0.2, 0.25) is 0 Å². The van der Waals surface area contributed by atoms with Crippen LogP contribution >= 0.6 is 0 Å². The summed E-state index contributed by atoms with van der Waals surface area (Å²) in [6.07, 6.45) is 0.858. The summed E-state index contributed by atoms with van der Waals surface area (Å²) in [6, 6.07) is 22.7. The topological polar surface area (TPSA) is 92.9 Å². The van der Waals surface area contributed by atoms with Crippen LogP contribution in [0.25, 0.3) is 21.8 Å². The van der Waals surface area contributed by atoms with E-state index in [4.69, 9.17) is 14.2 Å². The molecule has 1 aromatic heterocycles. The van der Waals surface area contributed by atoms with E-state index in [2.05, 4.69) is 22.2 Å². The van der Waals surface area contributed by atoms with Crippen molar-refractivity contribution in [1.29, 1.82) is 0 Å². The molecule has 2 N–H and O–H groups in total. The molecular formula is C34H34FN3O5. The number of aromatic amines is 1. The molecule has 0 atom stereocenters. The predicted molar refractivity (Wildman–Crippen MR) is 167 cm³/mol. The highest BCUT2D eigenvalue weighted by molar-refractivity contribution is 5.98. The molecule has 0 fully saturated rings. The Bertz CT molecular complexity index is 1800. The molecule has 0 spiro atoms. The standard InChI is InChI=1S/C34H34FN3O5/c1-38(21-22-11-16-29(41-2)30(19-22)42-3)17-6-18-43-25-14-12-24(13-15-25)36-31(39)20-23-7-4-8-26-32(23)37-33-27(34(26)40)9-5-10-28(33)35/h4-5,7-16,19H,6,17-18,20-21H2,1-3H3,(H,36,39)(H,37,40). The summed E-state index contributed by atoms with van der Waals surface area (Å²) < 4.78 is 31.0. The molecule has 0 aliphatic rings. The number of nitrogens with zero attached hydrogens (tertiary/aromatic N) is 1. The number of para-hydroxylation sites is 2. The summed E-state index contributed by atoms with van der Waals surface area (Å²) in [5.41, 5.74) is 2.68. The number of hydrogen-bond acceptors (Lipinski definition) is 6. The van der Waals surface area contributed by atoms with Gasteiger partial charge in [0.2, 0.25) is 5.91 Å². The number of aromatic nitrogens is 1. The molecule has 8 nitrogen and oxygen atoms in total. The third-order valence-corrected chi connectivity index (χ3v) is 7.25. The highest BCUT2D eigenvalue weighted by atomic mass is 19.1. The lowest BCUT2D eigenvalue weighted by Crippen LogP contribution is -2.20. The minimum atomic E-state index is -0.514. The Kier molecular flexibility index (Phi) is 9.22. The number of benzene rings is 4. The van der Waals surface area contributed by atoms with Gasteiger partial charge in [0.05, 0.1) is 38.3 Å². The van der Waals surface area contributed by atoms with Crippen LogP contribution in [0.5, 0.6) is 17.2 Å². The SMILES string of the molecule is COc1ccc(CN(C)CCCOc2ccc(NC(=O)Cc3cccc4c(=O)c5cccc(F)c5[nH]c34)cc2)cc1OC. The van der Waals surface area contributed by atoms with Gasteiger partial charge < -0.3 is 29.4 Å². The van der Waals surface area contributed by atoms with Gasteiger partial charge >= 0.3 is 0 Å². The van der Waals surface area contributed by atoms with Crippen molar-refractivity contribution in [3.05, 3.63) is 106 Å². The number of carbonyl (C=O) groups excluding carboxylic acids is 1. The smallest absolute Gasteiger partial charge is 0.228 e. The number of ether oxygens (including phenoxy) is 3. The van der Waals surface area contributed by atoms with E-state index in [0.717, 1.165) is 25.1 Å². The van der Waals surface area contributed by atoms with Crippen molar-refractivity contribution in [2.45, 2.75) is 19.4 Å². The van der Waals surface area contributed by atoms with Gasteiger partial charge in [-0.15, -0.1) is 0 Å². The Morgan fingerprint density at radius 3 is 2.37 bits per heavy atom. The number of H-pyrrole nitrogens is 1. The number of amides is 1. The van der Waals surface area contributed by atoms with Crippen LogP contribution in [0.3, 0.4) is 0 Å². The molecule has 1 amide bonds. The lowest BCUT2D eigenvalue weighted by atomic mass is 10.0. The van der Waals surface area contributed by atoms with E-state index in [1.165, 1.54) is 12.1 Å². The summed E-state index contributed by atoms with van der Waals surface area (Å²) in [6.45, 7) is 2.18. The van der Waals surface area contributed by atoms with Gasteiger partial charge in [-0.2, -0.15) is 0 Å². The van der Waals surface area contributed by atoms with Gasteiger partial charge in [0.15, 0.2) is 16.9 Å². The van der Waals surface area contributed by atoms with E-state index in [1.807, 2.05) is 30.3 Å². The summed E-state index contributed by atoms with van der Waals surface area (Å²) in [5, 5.41) is 3.57. The molecule has 0 unspecified atom stereocenters. The Labute approximate surface area is 249 Å². The molecule has 0 saturated carbocycles. The van der Waals surface area contributed by atoms with E-state index in [9.17, 15) is 14.0 Å². The fourth-order valence-corrected chi connectivity index (χ4v) is 5.10. The first kappa shape index (κ1) is 29.6. The second-order valence-electron chi connectivity index (χ2n) is 10.3. The van der Waals surface area contributed by atoms with Crippen LogP contribution in [-0.4, -0.2) is 50.2 Å². The molecule has 4 aromatic carbocycles. The molecular weight excluding hydrogens is 549 g/mol. The number of carbonyl (C=O) groups is 1. The molecule has 222 valence electrons. The minimum absolute atomic E-state index is 0.0162. The lowest BCUT2D eigenvalue weighted by molar-refractivity contribution is -0.115. The van der Waals surface area contributed by atoms with Crippen LogP contribution in [0, 0.1) is 5.82 Å². The van der Waals surface area contributed by atoms with E-state index < -0.39 is 5.82 Å². The van der Waals surface area contributed by atoms with Crippen LogP contribution in [0.1, 0.15) is 17.5 Å². The monoisotopic (exact) mass is 583 g/mol. The Hall–Kier alpha value is -4.89. The summed E-state index contributed by atoms with van der Waals surface area (Å²) >= 11 is 0. The Morgan fingerprint density at radius 1 is 0.907 bits per heavy atom. The molecule has 0 aliphatic carbocycles. The molecule has 0 radical (unpaired) electrons. The van der Waals surface area contributed by atoms with Crippen LogP contribution < -0.4 is 25.0 Å². The number of halogens is 1. The maximum absolute atomic E-state index is 14.4. The van der Waals surface area contributed by atoms with Crippen molar-refractivity contribution in [3.63, 3.8) is 0 Å². The van der Waals surface area contributed by atoms with Gasteiger partial charge in [0.25, 0.3) is 0 Å². The van der Waals surface area contributed by atoms with Gasteiger partial charge in [-0.1, -0.05) is 24.3 Å². The number of methoxy groups -OCH3 is 2. The van der Waals surface area contributed by atoms with Gasteiger partial charge in [0, 0.05) is 29.5 Å². The number of hydrogen-bond donors (Lipinski definition) is 2. The maximum atomic E-state index is 14.4. The minimum Gasteiger partial charge on any atom is -0.494 e. The molecule has 1 heterocycles. The molecule has 0 bridgehead atoms. The number of pyridine rings is 1. The number of anilines is 1. The fraction of sp³-hybridized carbons (Fsp3) is 0.235. The highest BCUT2D eigenvalue weighted by Gasteiger charge is 2.14. The van der Waals surface area contributed by atoms with E-state index in [0.29, 0.717) is 46.0 Å². The quantitative estimate of drug-likeness (QED) is 0.140. The lowest BCUT2D eigenvalue weighted by Gasteiger charge is -2.18. The molecule has 0 aliphatic heterocycles. The van der Waals surface area contributed by atoms with Crippen LogP contribution in [-0.2, 0) is 17.8 Å². The maximum Gasteiger partial charge on any atom is 0.228 e. The first-order chi connectivity index (χ1) is 20.9. The summed E-state index contributed by atoms with van der Waals surface area (Å²) in [7, 11) is 5.31. The Morgan fingerprint density at radius 2 is 1.63 bits per heavy atom. The normalized spacial score (nSPS) is 11.2. The van der Waals surface area contributed by atoms with Gasteiger partial charge in [-0.05, 0) is 79.2 Å². The third kappa shape index (κ3) is 6.95. The van der Waals surface area contributed by atoms with E-state index in [1.54, 1.807) is 50.6 Å². The highest BCUT2D eigenvalue weighted by Crippen LogP contribution is 2.28. The van der Waals surface area contributed by atoms with Crippen molar-refractivity contribution >= 4 is 33.4 Å². The number of nitrogens with one attached hydrogen (secondary N) is 2. The average molecular weight is 584 g/mol. The second kappa shape index (κ2) is 13.4. The zero-order valence-corrected chi connectivity index (χ0v) is 24.4. The first-order valence-corrected chi connectivity index (χ1v) is 14.0. The van der Waals surface area contributed by atoms with Gasteiger partial charge in [0.1, 0.15) is 11.6 Å². The van der Waals surface area contributed by atoms with Crippen molar-refractivity contribution < 1.29 is 23.4 Å². The van der Waals surface area contributed by atoms with Crippen molar-refractivity contribution in [1.82, 2.24) is 9.88 Å². The van der Waals surface area contributed by atoms with Gasteiger partial charge in [-0.3, -0.25) is 9.59 Å². The molecule has 9 heteroatoms. The molecule has 5 aromatic rings. The largest absolute Gasteiger partial charge is 0.494 e. The Balaban J connectivity index is 1.12. The van der Waals surface area contributed by atoms with E-state index >= 15 is 0 Å². The van der Waals surface area contributed by atoms with Crippen molar-refractivity contribution in [3.8, 4) is 17.2 Å². The zero-order chi connectivity index (χ0) is 30.3. The number of rotatable bonds is 12. The van der Waals surface area contributed by atoms with Gasteiger partial charge in [-0.25, -0.2) is 4.39 Å². The zero-order valence-electron chi connectivity index (χ0n) is 24.4. The van der Waals surface area contributed by atoms with Crippen molar-refractivity contribution in [2.75, 3.05) is 39.7 Å². The summed E-state index contributed by atoms with van der Waals surface area (Å²) in [5.74, 6) is 1.36. The summed E-state index contributed by atoms with van der Waals surface area (Å²) in [4.78, 5) is 31.1. The van der Waals surface area contributed by atoms with E-state index in [-0.39, 0.29) is 28.7 Å². The molecule has 43 heavy (non-hydrogen) atoms. The fourth-order valence-electron chi connectivity index (χ4n) is 5.10.